The van der Waals surface area contributed by atoms with Crippen LogP contribution in [0.15, 0.2) is 72.8 Å². The summed E-state index contributed by atoms with van der Waals surface area (Å²) in [7, 11) is 1.42. The van der Waals surface area contributed by atoms with E-state index in [1.807, 2.05) is 95.2 Å². The lowest BCUT2D eigenvalue weighted by Gasteiger charge is -2.28. The maximum absolute atomic E-state index is 11.5. The molecule has 0 spiro atoms. The second-order valence-corrected chi connectivity index (χ2v) is 31.5. The fourth-order valence-corrected chi connectivity index (χ4v) is 9.17. The lowest BCUT2D eigenvalue weighted by molar-refractivity contribution is -0.159. The van der Waals surface area contributed by atoms with Gasteiger partial charge in [-0.25, -0.2) is 0 Å². The predicted octanol–water partition coefficient (Wildman–Crippen LogP) is 19.4. The van der Waals surface area contributed by atoms with Crippen LogP contribution in [0, 0.1) is 16.2 Å². The van der Waals surface area contributed by atoms with Crippen molar-refractivity contribution in [2.24, 2.45) is 16.2 Å². The first-order valence-electron chi connectivity index (χ1n) is 35.2. The zero-order valence-corrected chi connectivity index (χ0v) is 67.6. The smallest absolute Gasteiger partial charge is 0.311 e. The molecular formula is C78H130O14S5. The van der Waals surface area contributed by atoms with Crippen LogP contribution in [0.2, 0.25) is 0 Å². The van der Waals surface area contributed by atoms with Gasteiger partial charge in [-0.05, 0) is 150 Å². The summed E-state index contributed by atoms with van der Waals surface area (Å²) in [5.41, 5.74) is 6.46. The van der Waals surface area contributed by atoms with E-state index in [4.69, 9.17) is 33.2 Å². The summed E-state index contributed by atoms with van der Waals surface area (Å²) in [6.45, 7) is 40.8. The fourth-order valence-electron chi connectivity index (χ4n) is 8.20. The van der Waals surface area contributed by atoms with Crippen molar-refractivity contribution in [1.82, 2.24) is 0 Å². The lowest BCUT2D eigenvalue weighted by Crippen LogP contribution is -2.28. The molecule has 0 aromatic heterocycles. The molecular weight excluding hydrogens is 1320 g/mol. The first-order valence-corrected chi connectivity index (χ1v) is 37.8. The standard InChI is InChI=1S/C17H26OS.C15H22O2S.C15H24OS.2C12H22O4S.C7H14O2/c1-3-13(2)15-10-8-14(9-11-15)12-18-16-6-4-5-7-17(16)19;1-4-11(2)14-7-5-13(6-8-14)10-17-15(16)9-12(3)18;1-4-12(2)15-7-5-14(6-8-15)11-16-10-9-13(3)17;2*1-5-12(3,4)11(14)16-7-6-15-10(13)8-9(2)17;1-5-7(2,3)6(8)9-4/h8-11,13,16-17,19H,3-7,12H2,1-2H3;5-8,11-12,18H,4,9-10H2,1-3H3;5-8,12-13,17H,4,9-11H2,1-3H3;2*9,17H,5-8H2,1-4H3;5H2,1-4H3. The molecule has 9 unspecified atom stereocenters. The van der Waals surface area contributed by atoms with Gasteiger partial charge < -0.3 is 37.9 Å². The van der Waals surface area contributed by atoms with Crippen LogP contribution in [0.5, 0.6) is 0 Å². The van der Waals surface area contributed by atoms with Gasteiger partial charge in [-0.1, -0.05) is 176 Å². The maximum Gasteiger partial charge on any atom is 0.311 e. The molecule has 14 nitrogen and oxygen atoms in total. The highest BCUT2D eigenvalue weighted by molar-refractivity contribution is 7.81. The number of esters is 6. The zero-order chi connectivity index (χ0) is 74.3. The van der Waals surface area contributed by atoms with Crippen molar-refractivity contribution >= 4 is 99.0 Å². The minimum absolute atomic E-state index is 0.0240. The first kappa shape index (κ1) is 95.2. The monoisotopic (exact) mass is 1450 g/mol. The highest BCUT2D eigenvalue weighted by atomic mass is 32.1. The van der Waals surface area contributed by atoms with E-state index < -0.39 is 10.8 Å². The van der Waals surface area contributed by atoms with E-state index in [0.717, 1.165) is 38.0 Å². The van der Waals surface area contributed by atoms with Gasteiger partial charge in [0.05, 0.1) is 61.9 Å². The topological polar surface area (TPSA) is 176 Å². The molecule has 1 fully saturated rings. The van der Waals surface area contributed by atoms with Gasteiger partial charge in [0.25, 0.3) is 0 Å². The molecule has 97 heavy (non-hydrogen) atoms. The van der Waals surface area contributed by atoms with Gasteiger partial charge >= 0.3 is 35.8 Å². The van der Waals surface area contributed by atoms with Gasteiger partial charge in [0, 0.05) is 32.9 Å². The van der Waals surface area contributed by atoms with Crippen LogP contribution >= 0.6 is 63.1 Å². The number of methoxy groups -OCH3 is 1. The summed E-state index contributed by atoms with van der Waals surface area (Å²) in [5.74, 6) is 0.374. The van der Waals surface area contributed by atoms with E-state index in [2.05, 4.69) is 177 Å². The van der Waals surface area contributed by atoms with Crippen LogP contribution in [0.25, 0.3) is 0 Å². The summed E-state index contributed by atoms with van der Waals surface area (Å²) in [5, 5.41) is 0.842. The second kappa shape index (κ2) is 53.9. The van der Waals surface area contributed by atoms with Crippen molar-refractivity contribution in [3.63, 3.8) is 0 Å². The van der Waals surface area contributed by atoms with E-state index in [-0.39, 0.29) is 96.2 Å². The number of hydrogen-bond acceptors (Lipinski definition) is 19. The molecule has 0 amide bonds. The number of hydrogen-bond donors (Lipinski definition) is 5. The van der Waals surface area contributed by atoms with Crippen molar-refractivity contribution in [2.75, 3.05) is 40.1 Å². The summed E-state index contributed by atoms with van der Waals surface area (Å²) < 4.78 is 41.2. The summed E-state index contributed by atoms with van der Waals surface area (Å²) in [4.78, 5) is 67.6. The second-order valence-electron chi connectivity index (χ2n) is 27.3. The highest BCUT2D eigenvalue weighted by Crippen LogP contribution is 2.28. The van der Waals surface area contributed by atoms with Crippen LogP contribution in [-0.2, 0) is 86.5 Å². The molecule has 4 rings (SSSR count). The zero-order valence-electron chi connectivity index (χ0n) is 63.1. The summed E-state index contributed by atoms with van der Waals surface area (Å²) >= 11 is 21.3. The normalized spacial score (nSPS) is 15.7. The Hall–Kier alpha value is -3.85. The van der Waals surface area contributed by atoms with E-state index in [1.165, 1.54) is 73.5 Å². The average Bonchev–Trinajstić information content (AvgIpc) is 1.24. The van der Waals surface area contributed by atoms with E-state index >= 15 is 0 Å². The van der Waals surface area contributed by atoms with Gasteiger partial charge in [-0.2, -0.15) is 63.1 Å². The Kier molecular flexibility index (Phi) is 52.9. The van der Waals surface area contributed by atoms with Gasteiger partial charge in [-0.3, -0.25) is 28.8 Å². The molecule has 0 bridgehead atoms. The van der Waals surface area contributed by atoms with Gasteiger partial charge in [0.1, 0.15) is 33.0 Å². The average molecular weight is 1450 g/mol. The molecule has 19 heteroatoms. The Morgan fingerprint density at radius 3 is 1.05 bits per heavy atom. The van der Waals surface area contributed by atoms with Crippen molar-refractivity contribution in [1.29, 1.82) is 0 Å². The molecule has 0 N–H and O–H groups in total. The Morgan fingerprint density at radius 2 is 0.742 bits per heavy atom. The Bertz CT molecular complexity index is 2520. The maximum atomic E-state index is 11.5. The third-order valence-corrected chi connectivity index (χ3v) is 18.4. The number of thiol groups is 5. The fraction of sp³-hybridized carbons (Fsp3) is 0.692. The SMILES string of the molecule is CCC(C)(C)C(=O)OC.CCC(C)(C)C(=O)OCCOC(=O)CC(C)S.CCC(C)(C)C(=O)OCCOC(=O)CC(C)S.CCC(C)c1ccc(COC(=O)CC(C)S)cc1.CCC(C)c1ccc(COC2CCCCC2S)cc1.CCC(C)c1ccc(COCCC(C)S)cc1. The van der Waals surface area contributed by atoms with E-state index in [9.17, 15) is 28.8 Å². The summed E-state index contributed by atoms with van der Waals surface area (Å²) in [6, 6.07) is 25.9. The van der Waals surface area contributed by atoms with E-state index in [0.29, 0.717) is 66.8 Å². The Morgan fingerprint density at radius 1 is 0.423 bits per heavy atom. The molecule has 1 aliphatic rings. The van der Waals surface area contributed by atoms with Crippen LogP contribution in [0.1, 0.15) is 273 Å². The van der Waals surface area contributed by atoms with Crippen molar-refractivity contribution in [2.45, 2.75) is 291 Å². The minimum atomic E-state index is -0.483. The van der Waals surface area contributed by atoms with Gasteiger partial charge in [0.2, 0.25) is 0 Å². The number of carbonyl (C=O) groups is 6. The first-order chi connectivity index (χ1) is 45.5. The molecule has 556 valence electrons. The lowest BCUT2D eigenvalue weighted by atomic mass is 9.91. The largest absolute Gasteiger partial charge is 0.469 e. The van der Waals surface area contributed by atoms with Gasteiger partial charge in [0.15, 0.2) is 0 Å². The number of rotatable bonds is 34. The molecule has 1 saturated carbocycles. The Balaban J connectivity index is 0. The highest BCUT2D eigenvalue weighted by Gasteiger charge is 2.29. The molecule has 9 atom stereocenters. The third kappa shape index (κ3) is 46.3. The summed E-state index contributed by atoms with van der Waals surface area (Å²) in [6.07, 6.45) is 12.9. The van der Waals surface area contributed by atoms with Crippen LogP contribution in [0.4, 0.5) is 0 Å². The van der Waals surface area contributed by atoms with Gasteiger partial charge in [-0.15, -0.1) is 0 Å². The molecule has 3 aromatic carbocycles. The number of carbonyl (C=O) groups excluding carboxylic acids is 6. The van der Waals surface area contributed by atoms with Crippen LogP contribution in [-0.4, -0.2) is 108 Å². The number of ether oxygens (including phenoxy) is 8. The quantitative estimate of drug-likeness (QED) is 0.0165. The molecule has 0 radical (unpaired) electrons. The number of benzene rings is 3. The van der Waals surface area contributed by atoms with Crippen molar-refractivity contribution < 1.29 is 66.7 Å². The predicted molar refractivity (Wildman–Crippen MR) is 415 cm³/mol. The minimum Gasteiger partial charge on any atom is -0.469 e. The van der Waals surface area contributed by atoms with E-state index in [1.54, 1.807) is 0 Å². The molecule has 0 aliphatic heterocycles. The Labute approximate surface area is 615 Å². The van der Waals surface area contributed by atoms with Crippen LogP contribution < -0.4 is 0 Å². The van der Waals surface area contributed by atoms with Crippen LogP contribution in [0.3, 0.4) is 0 Å². The molecule has 0 heterocycles. The molecule has 0 saturated heterocycles. The molecule has 1 aliphatic carbocycles. The third-order valence-electron chi connectivity index (χ3n) is 17.0. The van der Waals surface area contributed by atoms with Crippen molar-refractivity contribution in [3.05, 3.63) is 106 Å². The van der Waals surface area contributed by atoms with Crippen molar-refractivity contribution in [3.8, 4) is 0 Å². The molecule has 3 aromatic rings.